The maximum atomic E-state index is 13.8. The van der Waals surface area contributed by atoms with E-state index in [2.05, 4.69) is 24.3 Å². The average molecular weight is 477 g/mol. The van der Waals surface area contributed by atoms with Gasteiger partial charge in [0.25, 0.3) is 5.69 Å². The van der Waals surface area contributed by atoms with Gasteiger partial charge < -0.3 is 0 Å². The zero-order chi connectivity index (χ0) is 25.1. The Labute approximate surface area is 208 Å². The van der Waals surface area contributed by atoms with Crippen molar-refractivity contribution in [2.75, 3.05) is 4.90 Å². The maximum Gasteiger partial charge on any atom is 0.293 e. The van der Waals surface area contributed by atoms with Crippen molar-refractivity contribution in [2.45, 2.75) is 13.8 Å². The summed E-state index contributed by atoms with van der Waals surface area (Å²) in [5.74, 6) is -2.31. The Hall–Kier alpha value is -4.32. The molecule has 6 nitrogen and oxygen atoms in total. The lowest BCUT2D eigenvalue weighted by atomic mass is 9.85. The number of allylic oxidation sites excluding steroid dienone is 3. The minimum atomic E-state index is -0.564. The summed E-state index contributed by atoms with van der Waals surface area (Å²) in [7, 11) is 0. The molecule has 1 saturated heterocycles. The van der Waals surface area contributed by atoms with Crippen LogP contribution in [0.5, 0.6) is 0 Å². The predicted octanol–water partition coefficient (Wildman–Crippen LogP) is 5.64. The Bertz CT molecular complexity index is 1410. The van der Waals surface area contributed by atoms with Crippen LogP contribution in [0.25, 0.3) is 5.57 Å². The first-order valence-electron chi connectivity index (χ1n) is 12.0. The minimum absolute atomic E-state index is 0.0729. The number of carbonyl (C=O) groups excluding carboxylic acids is 2. The third-order valence-corrected chi connectivity index (χ3v) is 7.86. The Kier molecular flexibility index (Phi) is 5.00. The third-order valence-electron chi connectivity index (χ3n) is 7.86. The number of benzene rings is 3. The molecule has 0 aromatic heterocycles. The topological polar surface area (TPSA) is 80.5 Å². The van der Waals surface area contributed by atoms with E-state index in [9.17, 15) is 19.7 Å². The molecule has 0 unspecified atom stereocenters. The number of aryl methyl sites for hydroxylation is 2. The van der Waals surface area contributed by atoms with Crippen LogP contribution in [0.1, 0.15) is 22.3 Å². The van der Waals surface area contributed by atoms with Crippen molar-refractivity contribution in [1.29, 1.82) is 0 Å². The molecule has 1 saturated carbocycles. The highest BCUT2D eigenvalue weighted by Gasteiger charge is 2.63. The van der Waals surface area contributed by atoms with E-state index in [1.807, 2.05) is 55.5 Å². The van der Waals surface area contributed by atoms with E-state index < -0.39 is 16.8 Å². The molecule has 3 aromatic rings. The van der Waals surface area contributed by atoms with Gasteiger partial charge in [-0.2, -0.15) is 0 Å². The number of nitro benzene ring substituents is 1. The lowest BCUT2D eigenvalue weighted by molar-refractivity contribution is -0.384. The standard InChI is InChI=1S/C30H24N2O4/c1-17-15-23(24(32(35)36)16-18(17)2)31-29(33)27-21-13-14-22(28(27)30(31)34)26(21)25(19-9-5-3-6-10-19)20-11-7-4-8-12-20/h3-16,21-22,27-28H,1-2H3/t21-,22+,27-,28-/m0/s1. The molecule has 36 heavy (non-hydrogen) atoms. The fourth-order valence-corrected chi connectivity index (χ4v) is 6.15. The molecule has 0 spiro atoms. The molecule has 3 aromatic carbocycles. The highest BCUT2D eigenvalue weighted by atomic mass is 16.6. The summed E-state index contributed by atoms with van der Waals surface area (Å²) in [4.78, 5) is 40.0. The van der Waals surface area contributed by atoms with Crippen molar-refractivity contribution in [3.05, 3.63) is 123 Å². The summed E-state index contributed by atoms with van der Waals surface area (Å²) in [5, 5.41) is 11.8. The highest BCUT2D eigenvalue weighted by molar-refractivity contribution is 6.24. The van der Waals surface area contributed by atoms with Crippen LogP contribution in [0.2, 0.25) is 0 Å². The largest absolute Gasteiger partial charge is 0.293 e. The van der Waals surface area contributed by atoms with Crippen LogP contribution >= 0.6 is 0 Å². The number of imide groups is 1. The number of rotatable bonds is 4. The summed E-state index contributed by atoms with van der Waals surface area (Å²) in [6.45, 7) is 3.61. The van der Waals surface area contributed by atoms with Gasteiger partial charge in [-0.3, -0.25) is 19.7 Å². The lowest BCUT2D eigenvalue weighted by Gasteiger charge is -2.22. The van der Waals surface area contributed by atoms with Crippen molar-refractivity contribution < 1.29 is 14.5 Å². The van der Waals surface area contributed by atoms with Crippen LogP contribution in [-0.4, -0.2) is 16.7 Å². The fourth-order valence-electron chi connectivity index (χ4n) is 6.15. The summed E-state index contributed by atoms with van der Waals surface area (Å²) in [5.41, 5.74) is 5.61. The Balaban J connectivity index is 1.49. The van der Waals surface area contributed by atoms with Gasteiger partial charge in [0, 0.05) is 17.9 Å². The summed E-state index contributed by atoms with van der Waals surface area (Å²) >= 11 is 0. The zero-order valence-corrected chi connectivity index (χ0v) is 19.9. The number of anilines is 1. The number of hydrogen-bond donors (Lipinski definition) is 0. The summed E-state index contributed by atoms with van der Waals surface area (Å²) < 4.78 is 0. The summed E-state index contributed by atoms with van der Waals surface area (Å²) in [6.07, 6.45) is 4.08. The van der Waals surface area contributed by atoms with Gasteiger partial charge in [0.05, 0.1) is 16.8 Å². The lowest BCUT2D eigenvalue weighted by Crippen LogP contribution is -2.34. The third kappa shape index (κ3) is 3.10. The van der Waals surface area contributed by atoms with E-state index in [0.717, 1.165) is 38.3 Å². The number of hydrogen-bond acceptors (Lipinski definition) is 4. The molecule has 2 fully saturated rings. The molecule has 2 aliphatic carbocycles. The van der Waals surface area contributed by atoms with Crippen LogP contribution in [0.15, 0.2) is 90.5 Å². The van der Waals surface area contributed by atoms with E-state index in [1.165, 1.54) is 6.07 Å². The predicted molar refractivity (Wildman–Crippen MR) is 137 cm³/mol. The number of fused-ring (bicyclic) bond motifs is 5. The van der Waals surface area contributed by atoms with Gasteiger partial charge >= 0.3 is 0 Å². The van der Waals surface area contributed by atoms with Gasteiger partial charge in [-0.05, 0) is 53.3 Å². The van der Waals surface area contributed by atoms with Crippen molar-refractivity contribution in [3.8, 4) is 0 Å². The smallest absolute Gasteiger partial charge is 0.274 e. The molecule has 0 radical (unpaired) electrons. The Morgan fingerprint density at radius 3 is 1.72 bits per heavy atom. The number of nitrogens with zero attached hydrogens (tertiary/aromatic N) is 2. The highest BCUT2D eigenvalue weighted by Crippen LogP contribution is 2.59. The molecule has 1 heterocycles. The molecule has 178 valence electrons. The molecule has 6 rings (SSSR count). The van der Waals surface area contributed by atoms with Crippen LogP contribution in [0.3, 0.4) is 0 Å². The number of carbonyl (C=O) groups is 2. The van der Waals surface area contributed by atoms with E-state index >= 15 is 0 Å². The number of amides is 2. The molecule has 6 heteroatoms. The molecule has 0 N–H and O–H groups in total. The molecule has 1 aliphatic heterocycles. The van der Waals surface area contributed by atoms with Crippen LogP contribution in [0, 0.1) is 47.6 Å². The molecule has 2 bridgehead atoms. The first-order valence-corrected chi connectivity index (χ1v) is 12.0. The maximum absolute atomic E-state index is 13.8. The average Bonchev–Trinajstić information content (AvgIpc) is 3.51. The van der Waals surface area contributed by atoms with Gasteiger partial charge in [-0.15, -0.1) is 0 Å². The van der Waals surface area contributed by atoms with Crippen LogP contribution in [0.4, 0.5) is 11.4 Å². The number of nitro groups is 1. The SMILES string of the molecule is Cc1cc(N2C(=O)[C@@H]3[C@@H](C2=O)[C@H]2C=C[C@@H]3C2=C(c2ccccc2)c2ccccc2)c([N+](=O)[O-])cc1C. The van der Waals surface area contributed by atoms with E-state index in [4.69, 9.17) is 0 Å². The molecule has 4 atom stereocenters. The van der Waals surface area contributed by atoms with Crippen molar-refractivity contribution in [2.24, 2.45) is 23.7 Å². The summed E-state index contributed by atoms with van der Waals surface area (Å²) in [6, 6.07) is 23.1. The molecule has 2 amide bonds. The quantitative estimate of drug-likeness (QED) is 0.211. The van der Waals surface area contributed by atoms with Gasteiger partial charge in [-0.1, -0.05) is 72.8 Å². The van der Waals surface area contributed by atoms with Gasteiger partial charge in [0.15, 0.2) is 0 Å². The second kappa shape index (κ2) is 8.12. The first-order chi connectivity index (χ1) is 17.4. The second-order valence-corrected chi connectivity index (χ2v) is 9.74. The monoisotopic (exact) mass is 476 g/mol. The van der Waals surface area contributed by atoms with Crippen LogP contribution < -0.4 is 4.90 Å². The van der Waals surface area contributed by atoms with Crippen molar-refractivity contribution >= 4 is 28.8 Å². The van der Waals surface area contributed by atoms with Gasteiger partial charge in [0.2, 0.25) is 11.8 Å². The van der Waals surface area contributed by atoms with Crippen LogP contribution in [-0.2, 0) is 9.59 Å². The minimum Gasteiger partial charge on any atom is -0.274 e. The van der Waals surface area contributed by atoms with E-state index in [-0.39, 0.29) is 35.0 Å². The molecular weight excluding hydrogens is 452 g/mol. The first kappa shape index (κ1) is 22.2. The second-order valence-electron chi connectivity index (χ2n) is 9.74. The fraction of sp³-hybridized carbons (Fsp3) is 0.200. The van der Waals surface area contributed by atoms with Crippen molar-refractivity contribution in [1.82, 2.24) is 0 Å². The van der Waals surface area contributed by atoms with Gasteiger partial charge in [-0.25, -0.2) is 4.90 Å². The van der Waals surface area contributed by atoms with Gasteiger partial charge in [0.1, 0.15) is 5.69 Å². The van der Waals surface area contributed by atoms with Crippen molar-refractivity contribution in [3.63, 3.8) is 0 Å². The normalized spacial score (nSPS) is 23.9. The Morgan fingerprint density at radius 2 is 1.25 bits per heavy atom. The van der Waals surface area contributed by atoms with E-state index in [0.29, 0.717) is 0 Å². The molecule has 3 aliphatic rings. The zero-order valence-electron chi connectivity index (χ0n) is 19.9. The Morgan fingerprint density at radius 1 is 0.778 bits per heavy atom. The van der Waals surface area contributed by atoms with E-state index in [1.54, 1.807) is 13.0 Å². The molecular formula is C30H24N2O4.